The normalized spacial score (nSPS) is 26.8. The van der Waals surface area contributed by atoms with Crippen molar-refractivity contribution in [1.82, 2.24) is 10.3 Å². The molecule has 1 aromatic heterocycles. The average molecular weight is 232 g/mol. The molecule has 1 aliphatic carbocycles. The molecule has 2 rings (SSSR count). The van der Waals surface area contributed by atoms with Crippen molar-refractivity contribution in [1.29, 1.82) is 0 Å². The topological polar surface area (TPSA) is 24.9 Å². The molecule has 1 aliphatic rings. The van der Waals surface area contributed by atoms with Crippen molar-refractivity contribution < 1.29 is 0 Å². The summed E-state index contributed by atoms with van der Waals surface area (Å²) < 4.78 is 0. The molecule has 0 amide bonds. The Kier molecular flexibility index (Phi) is 4.16. The second-order valence-electron chi connectivity index (χ2n) is 5.52. The lowest BCUT2D eigenvalue weighted by Gasteiger charge is -2.33. The molecule has 1 unspecified atom stereocenters. The maximum absolute atomic E-state index is 4.28. The van der Waals surface area contributed by atoms with Crippen LogP contribution in [0.25, 0.3) is 0 Å². The highest BCUT2D eigenvalue weighted by molar-refractivity contribution is 5.25. The first-order valence-electron chi connectivity index (χ1n) is 6.80. The summed E-state index contributed by atoms with van der Waals surface area (Å²) in [5.74, 6) is 1.69. The van der Waals surface area contributed by atoms with Crippen LogP contribution in [0.2, 0.25) is 0 Å². The molecule has 17 heavy (non-hydrogen) atoms. The van der Waals surface area contributed by atoms with E-state index in [2.05, 4.69) is 37.3 Å². The van der Waals surface area contributed by atoms with Gasteiger partial charge in [0.25, 0.3) is 0 Å². The molecule has 0 saturated heterocycles. The number of nitrogens with zero attached hydrogens (tertiary/aromatic N) is 1. The molecule has 1 heterocycles. The van der Waals surface area contributed by atoms with E-state index in [1.54, 1.807) is 0 Å². The van der Waals surface area contributed by atoms with Crippen molar-refractivity contribution in [3.63, 3.8) is 0 Å². The Morgan fingerprint density at radius 1 is 1.29 bits per heavy atom. The number of nitrogens with one attached hydrogen (secondary N) is 1. The standard InChI is InChI=1S/C15H24N2/c1-11-4-6-13(7-5-11)15(16-3)14-10-17-9-8-12(14)2/h8-11,13,15-16H,4-7H2,1-3H3. The van der Waals surface area contributed by atoms with Crippen molar-refractivity contribution in [3.8, 4) is 0 Å². The van der Waals surface area contributed by atoms with Gasteiger partial charge in [0.15, 0.2) is 0 Å². The highest BCUT2D eigenvalue weighted by Gasteiger charge is 2.27. The van der Waals surface area contributed by atoms with Gasteiger partial charge in [0, 0.05) is 18.4 Å². The first kappa shape index (κ1) is 12.6. The van der Waals surface area contributed by atoms with Crippen LogP contribution in [0.4, 0.5) is 0 Å². The predicted octanol–water partition coefficient (Wildman–Crippen LogP) is 3.48. The van der Waals surface area contributed by atoms with Crippen LogP contribution < -0.4 is 5.32 Å². The van der Waals surface area contributed by atoms with Gasteiger partial charge in [-0.15, -0.1) is 0 Å². The summed E-state index contributed by atoms with van der Waals surface area (Å²) >= 11 is 0. The lowest BCUT2D eigenvalue weighted by molar-refractivity contribution is 0.237. The summed E-state index contributed by atoms with van der Waals surface area (Å²) in [6.45, 7) is 4.56. The summed E-state index contributed by atoms with van der Waals surface area (Å²) in [6.07, 6.45) is 9.37. The molecule has 0 aromatic carbocycles. The lowest BCUT2D eigenvalue weighted by atomic mass is 9.77. The Hall–Kier alpha value is -0.890. The van der Waals surface area contributed by atoms with Crippen molar-refractivity contribution in [2.45, 2.75) is 45.6 Å². The Bertz CT molecular complexity index is 354. The van der Waals surface area contributed by atoms with Crippen LogP contribution >= 0.6 is 0 Å². The van der Waals surface area contributed by atoms with Crippen LogP contribution in [0.15, 0.2) is 18.5 Å². The van der Waals surface area contributed by atoms with Crippen LogP contribution in [0.5, 0.6) is 0 Å². The van der Waals surface area contributed by atoms with Gasteiger partial charge in [0.1, 0.15) is 0 Å². The van der Waals surface area contributed by atoms with Gasteiger partial charge in [-0.1, -0.05) is 19.8 Å². The number of aromatic nitrogens is 1. The molecule has 0 bridgehead atoms. The predicted molar refractivity (Wildman–Crippen MR) is 71.9 cm³/mol. The zero-order valence-corrected chi connectivity index (χ0v) is 11.2. The van der Waals surface area contributed by atoms with E-state index >= 15 is 0 Å². The van der Waals surface area contributed by atoms with Gasteiger partial charge in [-0.2, -0.15) is 0 Å². The average Bonchev–Trinajstić information content (AvgIpc) is 2.35. The number of hydrogen-bond acceptors (Lipinski definition) is 2. The molecule has 0 spiro atoms. The highest BCUT2D eigenvalue weighted by Crippen LogP contribution is 2.37. The van der Waals surface area contributed by atoms with Crippen LogP contribution in [-0.2, 0) is 0 Å². The Labute approximate surface area is 105 Å². The molecule has 1 saturated carbocycles. The number of aryl methyl sites for hydroxylation is 1. The minimum atomic E-state index is 0.483. The maximum Gasteiger partial charge on any atom is 0.0364 e. The van der Waals surface area contributed by atoms with E-state index in [-0.39, 0.29) is 0 Å². The smallest absolute Gasteiger partial charge is 0.0364 e. The second kappa shape index (κ2) is 5.63. The van der Waals surface area contributed by atoms with E-state index in [0.717, 1.165) is 11.8 Å². The molecule has 0 aliphatic heterocycles. The molecular weight excluding hydrogens is 208 g/mol. The molecule has 94 valence electrons. The Morgan fingerprint density at radius 2 is 2.00 bits per heavy atom. The molecule has 1 aromatic rings. The third-order valence-electron chi connectivity index (χ3n) is 4.26. The summed E-state index contributed by atoms with van der Waals surface area (Å²) in [5, 5.41) is 3.50. The van der Waals surface area contributed by atoms with Gasteiger partial charge >= 0.3 is 0 Å². The molecule has 2 nitrogen and oxygen atoms in total. The van der Waals surface area contributed by atoms with Gasteiger partial charge in [0.05, 0.1) is 0 Å². The number of pyridine rings is 1. The fourth-order valence-corrected chi connectivity index (χ4v) is 3.07. The molecular formula is C15H24N2. The van der Waals surface area contributed by atoms with E-state index in [1.165, 1.54) is 36.8 Å². The molecule has 1 fully saturated rings. The van der Waals surface area contributed by atoms with Crippen LogP contribution in [0.3, 0.4) is 0 Å². The van der Waals surface area contributed by atoms with Crippen molar-refractivity contribution >= 4 is 0 Å². The van der Waals surface area contributed by atoms with Crippen molar-refractivity contribution in [3.05, 3.63) is 29.6 Å². The summed E-state index contributed by atoms with van der Waals surface area (Å²) in [6, 6.07) is 2.60. The first-order chi connectivity index (χ1) is 8.22. The number of rotatable bonds is 3. The van der Waals surface area contributed by atoms with Gasteiger partial charge < -0.3 is 5.32 Å². The van der Waals surface area contributed by atoms with Gasteiger partial charge in [0.2, 0.25) is 0 Å². The van der Waals surface area contributed by atoms with E-state index in [4.69, 9.17) is 0 Å². The highest BCUT2D eigenvalue weighted by atomic mass is 14.9. The fourth-order valence-electron chi connectivity index (χ4n) is 3.07. The monoisotopic (exact) mass is 232 g/mol. The van der Waals surface area contributed by atoms with Gasteiger partial charge in [-0.05, 0) is 55.8 Å². The first-order valence-corrected chi connectivity index (χ1v) is 6.80. The molecule has 2 heteroatoms. The third-order valence-corrected chi connectivity index (χ3v) is 4.26. The van der Waals surface area contributed by atoms with E-state index in [9.17, 15) is 0 Å². The second-order valence-corrected chi connectivity index (χ2v) is 5.52. The van der Waals surface area contributed by atoms with Gasteiger partial charge in [-0.3, -0.25) is 4.98 Å². The zero-order valence-electron chi connectivity index (χ0n) is 11.2. The minimum Gasteiger partial charge on any atom is -0.313 e. The largest absolute Gasteiger partial charge is 0.313 e. The Balaban J connectivity index is 2.14. The van der Waals surface area contributed by atoms with Crippen LogP contribution in [0, 0.1) is 18.8 Å². The minimum absolute atomic E-state index is 0.483. The van der Waals surface area contributed by atoms with E-state index in [0.29, 0.717) is 6.04 Å². The van der Waals surface area contributed by atoms with E-state index in [1.807, 2.05) is 12.4 Å². The fraction of sp³-hybridized carbons (Fsp3) is 0.667. The third kappa shape index (κ3) is 2.86. The maximum atomic E-state index is 4.28. The molecule has 1 N–H and O–H groups in total. The van der Waals surface area contributed by atoms with Gasteiger partial charge in [-0.25, -0.2) is 0 Å². The SMILES string of the molecule is CNC(c1cnccc1C)C1CCC(C)CC1. The number of hydrogen-bond donors (Lipinski definition) is 1. The zero-order chi connectivity index (χ0) is 12.3. The quantitative estimate of drug-likeness (QED) is 0.863. The Morgan fingerprint density at radius 3 is 2.59 bits per heavy atom. The van der Waals surface area contributed by atoms with Crippen LogP contribution in [-0.4, -0.2) is 12.0 Å². The van der Waals surface area contributed by atoms with E-state index < -0.39 is 0 Å². The van der Waals surface area contributed by atoms with Crippen LogP contribution in [0.1, 0.15) is 49.8 Å². The summed E-state index contributed by atoms with van der Waals surface area (Å²) in [7, 11) is 2.08. The van der Waals surface area contributed by atoms with Crippen molar-refractivity contribution in [2.24, 2.45) is 11.8 Å². The van der Waals surface area contributed by atoms with Crippen molar-refractivity contribution in [2.75, 3.05) is 7.05 Å². The lowest BCUT2D eigenvalue weighted by Crippen LogP contribution is -2.29. The molecule has 1 atom stereocenters. The summed E-state index contributed by atoms with van der Waals surface area (Å²) in [5.41, 5.74) is 2.74. The summed E-state index contributed by atoms with van der Waals surface area (Å²) in [4.78, 5) is 4.28. The molecule has 0 radical (unpaired) electrons.